The fraction of sp³-hybridized carbons (Fsp3) is 0.467. The maximum absolute atomic E-state index is 12.3. The molecule has 0 aromatic heterocycles. The first-order valence-electron chi connectivity index (χ1n) is 6.88. The van der Waals surface area contributed by atoms with Gasteiger partial charge in [0, 0.05) is 0 Å². The SMILES string of the molecule is CC(C)[C@](C)(C#N)NC(=O)CNc1ccccc1OC(F)(F)F. The highest BCUT2D eigenvalue weighted by Crippen LogP contribution is 2.29. The van der Waals surface area contributed by atoms with E-state index in [1.54, 1.807) is 20.8 Å². The molecule has 1 rings (SSSR count). The highest BCUT2D eigenvalue weighted by Gasteiger charge is 2.32. The van der Waals surface area contributed by atoms with Crippen LogP contribution >= 0.6 is 0 Å². The van der Waals surface area contributed by atoms with Crippen molar-refractivity contribution in [3.63, 3.8) is 0 Å². The van der Waals surface area contributed by atoms with E-state index in [9.17, 15) is 18.0 Å². The zero-order chi connectivity index (χ0) is 17.7. The lowest BCUT2D eigenvalue weighted by Crippen LogP contribution is -2.50. The van der Waals surface area contributed by atoms with Crippen molar-refractivity contribution in [2.75, 3.05) is 11.9 Å². The molecule has 23 heavy (non-hydrogen) atoms. The number of benzene rings is 1. The van der Waals surface area contributed by atoms with Crippen LogP contribution in [0.25, 0.3) is 0 Å². The zero-order valence-corrected chi connectivity index (χ0v) is 13.0. The molecule has 1 aromatic carbocycles. The summed E-state index contributed by atoms with van der Waals surface area (Å²) in [7, 11) is 0. The first-order chi connectivity index (χ1) is 10.6. The molecule has 8 heteroatoms. The average molecular weight is 329 g/mol. The van der Waals surface area contributed by atoms with Gasteiger partial charge in [0.1, 0.15) is 5.54 Å². The zero-order valence-electron chi connectivity index (χ0n) is 13.0. The Morgan fingerprint density at radius 2 is 1.96 bits per heavy atom. The number of halogens is 3. The molecule has 0 radical (unpaired) electrons. The van der Waals surface area contributed by atoms with Gasteiger partial charge in [-0.15, -0.1) is 13.2 Å². The van der Waals surface area contributed by atoms with E-state index < -0.39 is 23.6 Å². The van der Waals surface area contributed by atoms with Crippen molar-refractivity contribution in [2.45, 2.75) is 32.7 Å². The number of hydrogen-bond donors (Lipinski definition) is 2. The van der Waals surface area contributed by atoms with Crippen molar-refractivity contribution in [1.29, 1.82) is 5.26 Å². The Bertz CT molecular complexity index is 596. The van der Waals surface area contributed by atoms with Gasteiger partial charge in [0.05, 0.1) is 18.3 Å². The van der Waals surface area contributed by atoms with E-state index in [0.29, 0.717) is 0 Å². The quantitative estimate of drug-likeness (QED) is 0.841. The molecule has 126 valence electrons. The first kappa shape index (κ1) is 18.6. The molecule has 2 N–H and O–H groups in total. The number of rotatable bonds is 6. The fourth-order valence-electron chi connectivity index (χ4n) is 1.64. The van der Waals surface area contributed by atoms with Crippen LogP contribution in [0, 0.1) is 17.2 Å². The van der Waals surface area contributed by atoms with Crippen LogP contribution in [0.1, 0.15) is 20.8 Å². The summed E-state index contributed by atoms with van der Waals surface area (Å²) < 4.78 is 40.8. The second kappa shape index (κ2) is 7.22. The number of hydrogen-bond acceptors (Lipinski definition) is 4. The van der Waals surface area contributed by atoms with Crippen molar-refractivity contribution in [3.05, 3.63) is 24.3 Å². The lowest BCUT2D eigenvalue weighted by Gasteiger charge is -2.27. The van der Waals surface area contributed by atoms with E-state index in [4.69, 9.17) is 5.26 Å². The summed E-state index contributed by atoms with van der Waals surface area (Å²) in [4.78, 5) is 11.9. The largest absolute Gasteiger partial charge is 0.573 e. The van der Waals surface area contributed by atoms with E-state index in [1.165, 1.54) is 18.2 Å². The molecule has 0 aliphatic heterocycles. The van der Waals surface area contributed by atoms with Gasteiger partial charge in [-0.3, -0.25) is 4.79 Å². The molecular weight excluding hydrogens is 311 g/mol. The topological polar surface area (TPSA) is 74.2 Å². The summed E-state index contributed by atoms with van der Waals surface area (Å²) in [5.41, 5.74) is -1.02. The number of nitrogens with one attached hydrogen (secondary N) is 2. The van der Waals surface area contributed by atoms with Gasteiger partial charge in [0.25, 0.3) is 0 Å². The number of carbonyl (C=O) groups is 1. The Hall–Kier alpha value is -2.43. The molecule has 1 aromatic rings. The lowest BCUT2D eigenvalue weighted by atomic mass is 9.90. The number of alkyl halides is 3. The minimum absolute atomic E-state index is 0.0307. The van der Waals surface area contributed by atoms with E-state index in [1.807, 2.05) is 6.07 Å². The second-order valence-corrected chi connectivity index (χ2v) is 5.41. The van der Waals surface area contributed by atoms with Gasteiger partial charge < -0.3 is 15.4 Å². The van der Waals surface area contributed by atoms with Gasteiger partial charge in [-0.1, -0.05) is 26.0 Å². The molecule has 0 heterocycles. The van der Waals surface area contributed by atoms with Crippen LogP contribution in [0.15, 0.2) is 24.3 Å². The summed E-state index contributed by atoms with van der Waals surface area (Å²) in [6.07, 6.45) is -4.82. The van der Waals surface area contributed by atoms with E-state index >= 15 is 0 Å². The first-order valence-corrected chi connectivity index (χ1v) is 6.88. The highest BCUT2D eigenvalue weighted by atomic mass is 19.4. The molecule has 0 aliphatic rings. The molecule has 1 atom stereocenters. The third-order valence-electron chi connectivity index (χ3n) is 3.34. The Kier molecular flexibility index (Phi) is 5.85. The molecule has 0 saturated carbocycles. The molecule has 5 nitrogen and oxygen atoms in total. The maximum atomic E-state index is 12.3. The molecule has 0 bridgehead atoms. The summed E-state index contributed by atoms with van der Waals surface area (Å²) in [6.45, 7) is 4.85. The molecule has 1 amide bonds. The maximum Gasteiger partial charge on any atom is 0.573 e. The lowest BCUT2D eigenvalue weighted by molar-refractivity contribution is -0.274. The summed E-state index contributed by atoms with van der Waals surface area (Å²) >= 11 is 0. The number of para-hydroxylation sites is 2. The molecule has 0 aliphatic carbocycles. The van der Waals surface area contributed by atoms with Crippen molar-refractivity contribution >= 4 is 11.6 Å². The van der Waals surface area contributed by atoms with Crippen LogP contribution < -0.4 is 15.4 Å². The Balaban J connectivity index is 2.72. The fourth-order valence-corrected chi connectivity index (χ4v) is 1.64. The molecule has 0 fully saturated rings. The average Bonchev–Trinajstić information content (AvgIpc) is 2.44. The molecular formula is C15H18F3N3O2. The summed E-state index contributed by atoms with van der Waals surface area (Å²) in [5, 5.41) is 14.3. The number of amides is 1. The minimum Gasteiger partial charge on any atom is -0.404 e. The predicted octanol–water partition coefficient (Wildman–Crippen LogP) is 3.05. The third kappa shape index (κ3) is 5.70. The van der Waals surface area contributed by atoms with E-state index in [0.717, 1.165) is 6.07 Å². The Morgan fingerprint density at radius 1 is 1.35 bits per heavy atom. The van der Waals surface area contributed by atoms with Gasteiger partial charge in [0.15, 0.2) is 5.75 Å². The van der Waals surface area contributed by atoms with Crippen LogP contribution in [0.2, 0.25) is 0 Å². The third-order valence-corrected chi connectivity index (χ3v) is 3.34. The van der Waals surface area contributed by atoms with Crippen molar-refractivity contribution in [2.24, 2.45) is 5.92 Å². The summed E-state index contributed by atoms with van der Waals surface area (Å²) in [6, 6.07) is 7.42. The van der Waals surface area contributed by atoms with Gasteiger partial charge >= 0.3 is 6.36 Å². The molecule has 0 unspecified atom stereocenters. The number of nitriles is 1. The second-order valence-electron chi connectivity index (χ2n) is 5.41. The van der Waals surface area contributed by atoms with Crippen LogP contribution in [0.4, 0.5) is 18.9 Å². The van der Waals surface area contributed by atoms with Gasteiger partial charge in [-0.2, -0.15) is 5.26 Å². The summed E-state index contributed by atoms with van der Waals surface area (Å²) in [5.74, 6) is -1.07. The monoisotopic (exact) mass is 329 g/mol. The van der Waals surface area contributed by atoms with Crippen molar-refractivity contribution in [3.8, 4) is 11.8 Å². The normalized spacial score (nSPS) is 13.8. The van der Waals surface area contributed by atoms with Crippen molar-refractivity contribution in [1.82, 2.24) is 5.32 Å². The van der Waals surface area contributed by atoms with Crippen molar-refractivity contribution < 1.29 is 22.7 Å². The number of ether oxygens (including phenoxy) is 1. The van der Waals surface area contributed by atoms with Crippen LogP contribution in [-0.4, -0.2) is 24.4 Å². The van der Waals surface area contributed by atoms with Gasteiger partial charge in [0.2, 0.25) is 5.91 Å². The standard InChI is InChI=1S/C15H18F3N3O2/c1-10(2)14(3,9-19)21-13(22)8-20-11-6-4-5-7-12(11)23-15(16,17)18/h4-7,10,20H,8H2,1-3H3,(H,21,22)/t14-/m0/s1. The van der Waals surface area contributed by atoms with Crippen LogP contribution in [0.3, 0.4) is 0 Å². The number of nitrogens with zero attached hydrogens (tertiary/aromatic N) is 1. The van der Waals surface area contributed by atoms with Crippen LogP contribution in [0.5, 0.6) is 5.75 Å². The van der Waals surface area contributed by atoms with Crippen LogP contribution in [-0.2, 0) is 4.79 Å². The predicted molar refractivity (Wildman–Crippen MR) is 78.6 cm³/mol. The molecule has 0 saturated heterocycles. The van der Waals surface area contributed by atoms with E-state index in [2.05, 4.69) is 15.4 Å². The van der Waals surface area contributed by atoms with E-state index in [-0.39, 0.29) is 18.2 Å². The smallest absolute Gasteiger partial charge is 0.404 e. The van der Waals surface area contributed by atoms with Gasteiger partial charge in [-0.05, 0) is 25.0 Å². The molecule has 0 spiro atoms. The Labute approximate surface area is 132 Å². The highest BCUT2D eigenvalue weighted by molar-refractivity contribution is 5.82. The Morgan fingerprint density at radius 3 is 2.48 bits per heavy atom. The van der Waals surface area contributed by atoms with Gasteiger partial charge in [-0.25, -0.2) is 0 Å². The minimum atomic E-state index is -4.82. The number of carbonyl (C=O) groups excluding carboxylic acids is 1. The number of anilines is 1.